The van der Waals surface area contributed by atoms with Gasteiger partial charge in [-0.05, 0) is 112 Å². The Hall–Kier alpha value is -5.98. The number of nitrogens with one attached hydrogen (secondary N) is 7. The molecule has 0 radical (unpaired) electrons. The molecule has 290 valence electrons. The van der Waals surface area contributed by atoms with Crippen LogP contribution >= 0.6 is 0 Å². The number of fused-ring (bicyclic) bond motifs is 5. The number of amides is 2. The Bertz CT molecular complexity index is 2400. The van der Waals surface area contributed by atoms with E-state index in [0.29, 0.717) is 11.9 Å². The number of aromatic amines is 3. The lowest BCUT2D eigenvalue weighted by Gasteiger charge is -2.29. The molecule has 0 saturated heterocycles. The van der Waals surface area contributed by atoms with Crippen LogP contribution in [0, 0.1) is 19.8 Å². The number of aromatic nitrogens is 7. The molecule has 2 aliphatic carbocycles. The maximum absolute atomic E-state index is 12.4. The average molecular weight is 753 g/mol. The van der Waals surface area contributed by atoms with E-state index < -0.39 is 0 Å². The van der Waals surface area contributed by atoms with Crippen LogP contribution < -0.4 is 21.4 Å². The normalized spacial score (nSPS) is 20.1. The van der Waals surface area contributed by atoms with Crippen molar-refractivity contribution in [2.75, 3.05) is 5.32 Å². The van der Waals surface area contributed by atoms with Crippen LogP contribution in [0.3, 0.4) is 0 Å². The number of carbonyl (C=O) groups excluding carboxylic acids is 1. The molecular weight excluding hydrogens is 701 g/mol. The van der Waals surface area contributed by atoms with Gasteiger partial charge in [-0.1, -0.05) is 32.1 Å². The van der Waals surface area contributed by atoms with Gasteiger partial charge in [0.05, 0.1) is 58.2 Å². The number of hydrogen-bond donors (Lipinski definition) is 7. The van der Waals surface area contributed by atoms with E-state index in [2.05, 4.69) is 96.4 Å². The maximum atomic E-state index is 12.4. The quantitative estimate of drug-likeness (QED) is 0.0706. The molecule has 9 rings (SSSR count). The minimum Gasteiger partial charge on any atom is -0.380 e. The van der Waals surface area contributed by atoms with E-state index >= 15 is 0 Å². The number of unbranched alkanes of at least 4 members (excludes halogenated alkanes) is 1. The summed E-state index contributed by atoms with van der Waals surface area (Å²) in [6.07, 6.45) is 20.0. The maximum Gasteiger partial charge on any atom is 0.320 e. The summed E-state index contributed by atoms with van der Waals surface area (Å²) >= 11 is 0. The summed E-state index contributed by atoms with van der Waals surface area (Å²) < 4.78 is 0. The predicted octanol–water partition coefficient (Wildman–Crippen LogP) is 8.04. The second kappa shape index (κ2) is 15.6. The van der Waals surface area contributed by atoms with Crippen LogP contribution in [-0.4, -0.2) is 59.4 Å². The van der Waals surface area contributed by atoms with Crippen LogP contribution in [0.4, 0.5) is 10.6 Å². The molecular formula is C43H52N12O. The molecule has 13 nitrogen and oxygen atoms in total. The van der Waals surface area contributed by atoms with Crippen LogP contribution in [-0.2, 0) is 12.8 Å². The number of anilines is 1. The van der Waals surface area contributed by atoms with Crippen molar-refractivity contribution in [3.63, 3.8) is 0 Å². The molecule has 2 amide bonds. The third-order valence-corrected chi connectivity index (χ3v) is 11.4. The molecule has 1 saturated carbocycles. The number of benzene rings is 1. The Morgan fingerprint density at radius 3 is 2.50 bits per heavy atom. The van der Waals surface area contributed by atoms with Crippen molar-refractivity contribution in [3.8, 4) is 11.3 Å². The largest absolute Gasteiger partial charge is 0.380 e. The van der Waals surface area contributed by atoms with Crippen molar-refractivity contribution in [2.24, 2.45) is 11.0 Å². The zero-order chi connectivity index (χ0) is 38.9. The zero-order valence-electron chi connectivity index (χ0n) is 32.8. The molecule has 7 N–H and O–H groups in total. The van der Waals surface area contributed by atoms with Gasteiger partial charge in [-0.15, -0.1) is 6.58 Å². The van der Waals surface area contributed by atoms with Gasteiger partial charge >= 0.3 is 6.03 Å². The van der Waals surface area contributed by atoms with Gasteiger partial charge in [-0.3, -0.25) is 20.6 Å². The summed E-state index contributed by atoms with van der Waals surface area (Å²) in [4.78, 5) is 17.4. The Labute approximate surface area is 327 Å². The number of pyridine rings is 1. The Balaban J connectivity index is 0.000000160. The van der Waals surface area contributed by atoms with E-state index in [1.54, 1.807) is 0 Å². The highest BCUT2D eigenvalue weighted by Gasteiger charge is 2.36. The van der Waals surface area contributed by atoms with E-state index in [1.165, 1.54) is 40.7 Å². The number of nitrogens with zero attached hydrogens (tertiary/aromatic N) is 5. The first-order chi connectivity index (χ1) is 27.2. The summed E-state index contributed by atoms with van der Waals surface area (Å²) in [6, 6.07) is 4.36. The van der Waals surface area contributed by atoms with Gasteiger partial charge in [0.15, 0.2) is 5.82 Å². The van der Waals surface area contributed by atoms with Crippen LogP contribution in [0.15, 0.2) is 77.9 Å². The first kappa shape index (κ1) is 37.0. The number of urea groups is 1. The fourth-order valence-electron chi connectivity index (χ4n) is 8.30. The monoisotopic (exact) mass is 752 g/mol. The highest BCUT2D eigenvalue weighted by molar-refractivity contribution is 6.15. The van der Waals surface area contributed by atoms with Gasteiger partial charge in [0.2, 0.25) is 0 Å². The van der Waals surface area contributed by atoms with E-state index in [-0.39, 0.29) is 24.0 Å². The van der Waals surface area contributed by atoms with Crippen molar-refractivity contribution in [1.82, 2.24) is 51.6 Å². The summed E-state index contributed by atoms with van der Waals surface area (Å²) in [5, 5.41) is 38.0. The van der Waals surface area contributed by atoms with Gasteiger partial charge in [0.25, 0.3) is 0 Å². The number of carbonyl (C=O) groups is 1. The second-order valence-electron chi connectivity index (χ2n) is 15.5. The number of H-pyrrole nitrogens is 3. The van der Waals surface area contributed by atoms with Crippen LogP contribution in [0.5, 0.6) is 0 Å². The molecule has 1 fully saturated rings. The van der Waals surface area contributed by atoms with Crippen molar-refractivity contribution in [1.29, 1.82) is 0 Å². The third kappa shape index (κ3) is 7.13. The first-order valence-electron chi connectivity index (χ1n) is 19.9. The molecule has 56 heavy (non-hydrogen) atoms. The highest BCUT2D eigenvalue weighted by atomic mass is 16.2. The molecule has 0 bridgehead atoms. The number of rotatable bonds is 10. The Kier molecular flexibility index (Phi) is 10.3. The summed E-state index contributed by atoms with van der Waals surface area (Å²) in [6.45, 7) is 16.4. The lowest BCUT2D eigenvalue weighted by atomic mass is 9.79. The average Bonchev–Trinajstić information content (AvgIpc) is 3.54. The summed E-state index contributed by atoms with van der Waals surface area (Å²) in [7, 11) is 0. The number of hydrogen-bond acceptors (Lipinski definition) is 8. The smallest absolute Gasteiger partial charge is 0.320 e. The lowest BCUT2D eigenvalue weighted by Crippen LogP contribution is -2.33. The molecule has 3 unspecified atom stereocenters. The van der Waals surface area contributed by atoms with Crippen LogP contribution in [0.25, 0.3) is 33.1 Å². The van der Waals surface area contributed by atoms with E-state index in [0.717, 1.165) is 101 Å². The predicted molar refractivity (Wildman–Crippen MR) is 223 cm³/mol. The number of hydrazone groups is 1. The minimum atomic E-state index is -0.199. The summed E-state index contributed by atoms with van der Waals surface area (Å²) in [5.41, 5.74) is 17.7. The van der Waals surface area contributed by atoms with E-state index in [1.807, 2.05) is 44.4 Å². The molecule has 5 aromatic rings. The van der Waals surface area contributed by atoms with Crippen molar-refractivity contribution in [2.45, 2.75) is 104 Å². The van der Waals surface area contributed by atoms with Crippen LogP contribution in [0.2, 0.25) is 0 Å². The summed E-state index contributed by atoms with van der Waals surface area (Å²) in [5.74, 6) is 0.711. The zero-order valence-corrected chi connectivity index (χ0v) is 32.8. The molecule has 6 heterocycles. The fourth-order valence-corrected chi connectivity index (χ4v) is 8.30. The molecule has 0 spiro atoms. The van der Waals surface area contributed by atoms with Gasteiger partial charge in [0.1, 0.15) is 0 Å². The standard InChI is InChI=1S/C22H23N7O.C21H29N5/c1-11-15(10-23-27-11)20-14-5-3-2-4-13(14)18-16(25-20)8-9-17-19(18)21(29-28-17)26-22(30)24-12-6-7-12;1-6-8-9-15-10-19(16-12-23-24-14(16)5)22-11-17(15)20-18(7-2)25-26-21(20)13(3)4/h8-10,12H,2-7H2,1H3,(H,23,27)(H3,24,26,28,29,30);7,10-12,18-20,22,25H,2-3,6,8-9H2,1,4-5H3,(H,23,24). The first-order valence-corrected chi connectivity index (χ1v) is 19.9. The third-order valence-electron chi connectivity index (χ3n) is 11.4. The molecule has 2 aliphatic heterocycles. The molecule has 4 aliphatic rings. The number of allylic oxidation sites excluding steroid dienone is 2. The van der Waals surface area contributed by atoms with Gasteiger partial charge < -0.3 is 16.1 Å². The number of aryl methyl sites for hydroxylation is 3. The van der Waals surface area contributed by atoms with Crippen molar-refractivity contribution in [3.05, 3.63) is 101 Å². The molecule has 13 heteroatoms. The SMILES string of the molecule is C=CC1NN=C(C(=C)C)C1C1=CNC(c2cn[nH]c2C)C=C1CCCC.Cc1[nH]ncc1-c1nc2ccc3[nH]nc(NC(=O)NC4CC4)c3c2c2c1CCCC2. The van der Waals surface area contributed by atoms with Crippen molar-refractivity contribution >= 4 is 39.4 Å². The van der Waals surface area contributed by atoms with Gasteiger partial charge in [-0.2, -0.15) is 20.4 Å². The van der Waals surface area contributed by atoms with Crippen LogP contribution in [0.1, 0.15) is 92.9 Å². The lowest BCUT2D eigenvalue weighted by molar-refractivity contribution is 0.251. The fraction of sp³-hybridized carbons (Fsp3) is 0.395. The molecule has 3 atom stereocenters. The Morgan fingerprint density at radius 2 is 1.80 bits per heavy atom. The van der Waals surface area contributed by atoms with E-state index in [4.69, 9.17) is 4.98 Å². The molecule has 4 aromatic heterocycles. The van der Waals surface area contributed by atoms with E-state index in [9.17, 15) is 4.79 Å². The van der Waals surface area contributed by atoms with Gasteiger partial charge in [-0.25, -0.2) is 9.78 Å². The number of dihydropyridines is 1. The molecule has 1 aromatic carbocycles. The van der Waals surface area contributed by atoms with Gasteiger partial charge in [0, 0.05) is 40.1 Å². The van der Waals surface area contributed by atoms with Crippen molar-refractivity contribution < 1.29 is 4.79 Å². The topological polar surface area (TPSA) is 176 Å². The highest BCUT2D eigenvalue weighted by Crippen LogP contribution is 2.41. The minimum absolute atomic E-state index is 0.0898. The Morgan fingerprint density at radius 1 is 1.02 bits per heavy atom. The second-order valence-corrected chi connectivity index (χ2v) is 15.5.